The van der Waals surface area contributed by atoms with E-state index in [4.69, 9.17) is 27.9 Å². The van der Waals surface area contributed by atoms with Crippen molar-refractivity contribution in [2.45, 2.75) is 18.8 Å². The number of ether oxygens (including phenoxy) is 1. The average Bonchev–Trinajstić information content (AvgIpc) is 3.06. The molecule has 1 aromatic rings. The van der Waals surface area contributed by atoms with Crippen molar-refractivity contribution in [1.29, 1.82) is 0 Å². The molecule has 2 rings (SSSR count). The lowest BCUT2D eigenvalue weighted by atomic mass is 9.94. The minimum absolute atomic E-state index is 0.149. The van der Waals surface area contributed by atoms with E-state index in [1.165, 1.54) is 7.11 Å². The van der Waals surface area contributed by atoms with Crippen molar-refractivity contribution in [3.05, 3.63) is 27.7 Å². The molecular weight excluding hydrogens is 263 g/mol. The Balaban J connectivity index is 2.46. The lowest BCUT2D eigenvalue weighted by Gasteiger charge is -2.16. The van der Waals surface area contributed by atoms with E-state index in [2.05, 4.69) is 0 Å². The molecule has 0 saturated heterocycles. The second-order valence-electron chi connectivity index (χ2n) is 4.16. The van der Waals surface area contributed by atoms with Gasteiger partial charge in [0.15, 0.2) is 0 Å². The van der Waals surface area contributed by atoms with Crippen LogP contribution in [0.1, 0.15) is 24.3 Å². The van der Waals surface area contributed by atoms with Crippen molar-refractivity contribution >= 4 is 29.2 Å². The van der Waals surface area contributed by atoms with Gasteiger partial charge >= 0.3 is 5.97 Å². The zero-order valence-electron chi connectivity index (χ0n) is 9.24. The summed E-state index contributed by atoms with van der Waals surface area (Å²) in [4.78, 5) is 11.3. The van der Waals surface area contributed by atoms with Crippen molar-refractivity contribution in [2.75, 3.05) is 7.11 Å². The number of rotatable bonds is 4. The van der Waals surface area contributed by atoms with Crippen LogP contribution in [0.3, 0.4) is 0 Å². The predicted molar refractivity (Wildman–Crippen MR) is 66.1 cm³/mol. The summed E-state index contributed by atoms with van der Waals surface area (Å²) in [6.07, 6.45) is 1.82. The van der Waals surface area contributed by atoms with Crippen LogP contribution < -0.4 is 4.74 Å². The maximum atomic E-state index is 11.3. The third-order valence-electron chi connectivity index (χ3n) is 2.96. The number of carboxylic acids is 1. The van der Waals surface area contributed by atoms with E-state index in [1.807, 2.05) is 0 Å². The molecule has 5 heteroatoms. The van der Waals surface area contributed by atoms with E-state index in [0.29, 0.717) is 21.4 Å². The van der Waals surface area contributed by atoms with Crippen molar-refractivity contribution in [1.82, 2.24) is 0 Å². The minimum Gasteiger partial charge on any atom is -0.497 e. The molecule has 1 aliphatic carbocycles. The van der Waals surface area contributed by atoms with Gasteiger partial charge in [-0.25, -0.2) is 0 Å². The molecule has 1 atom stereocenters. The molecule has 0 bridgehead atoms. The molecule has 1 fully saturated rings. The first kappa shape index (κ1) is 12.5. The Bertz CT molecular complexity index is 432. The van der Waals surface area contributed by atoms with Crippen LogP contribution >= 0.6 is 23.2 Å². The maximum Gasteiger partial charge on any atom is 0.311 e. The average molecular weight is 275 g/mol. The van der Waals surface area contributed by atoms with Gasteiger partial charge in [-0.3, -0.25) is 4.79 Å². The summed E-state index contributed by atoms with van der Waals surface area (Å²) < 4.78 is 5.03. The highest BCUT2D eigenvalue weighted by atomic mass is 35.5. The highest BCUT2D eigenvalue weighted by Crippen LogP contribution is 2.47. The molecule has 0 spiro atoms. The van der Waals surface area contributed by atoms with Crippen molar-refractivity contribution < 1.29 is 14.6 Å². The molecule has 0 heterocycles. The number of methoxy groups -OCH3 is 1. The summed E-state index contributed by atoms with van der Waals surface area (Å²) in [7, 11) is 1.51. The van der Waals surface area contributed by atoms with Crippen LogP contribution in [0.25, 0.3) is 0 Å². The molecule has 0 aliphatic heterocycles. The molecule has 17 heavy (non-hydrogen) atoms. The lowest BCUT2D eigenvalue weighted by molar-refractivity contribution is -0.139. The second kappa shape index (κ2) is 4.75. The number of benzene rings is 1. The summed E-state index contributed by atoms with van der Waals surface area (Å²) in [6.45, 7) is 0. The quantitative estimate of drug-likeness (QED) is 0.913. The van der Waals surface area contributed by atoms with E-state index in [1.54, 1.807) is 12.1 Å². The van der Waals surface area contributed by atoms with Gasteiger partial charge in [0.1, 0.15) is 5.75 Å². The highest BCUT2D eigenvalue weighted by molar-refractivity contribution is 6.36. The number of halogens is 2. The highest BCUT2D eigenvalue weighted by Gasteiger charge is 2.39. The second-order valence-corrected chi connectivity index (χ2v) is 4.97. The van der Waals surface area contributed by atoms with Gasteiger partial charge in [0, 0.05) is 15.6 Å². The number of hydrogen-bond acceptors (Lipinski definition) is 2. The standard InChI is InChI=1S/C12H12Cl2O3/c1-17-7-4-8(13)11(9(14)5-7)10(12(15)16)6-2-3-6/h4-6,10H,2-3H2,1H3,(H,15,16). The van der Waals surface area contributed by atoms with Gasteiger partial charge < -0.3 is 9.84 Å². The molecule has 1 N–H and O–H groups in total. The smallest absolute Gasteiger partial charge is 0.311 e. The lowest BCUT2D eigenvalue weighted by Crippen LogP contribution is -2.14. The normalized spacial score (nSPS) is 16.6. The Morgan fingerprint density at radius 3 is 2.29 bits per heavy atom. The zero-order chi connectivity index (χ0) is 12.6. The van der Waals surface area contributed by atoms with Crippen LogP contribution in [-0.4, -0.2) is 18.2 Å². The first-order valence-electron chi connectivity index (χ1n) is 5.30. The minimum atomic E-state index is -0.874. The van der Waals surface area contributed by atoms with E-state index in [9.17, 15) is 9.90 Å². The van der Waals surface area contributed by atoms with Gasteiger partial charge in [-0.15, -0.1) is 0 Å². The van der Waals surface area contributed by atoms with E-state index in [0.717, 1.165) is 12.8 Å². The van der Waals surface area contributed by atoms with Crippen LogP contribution in [0.15, 0.2) is 12.1 Å². The van der Waals surface area contributed by atoms with Crippen molar-refractivity contribution in [3.8, 4) is 5.75 Å². The largest absolute Gasteiger partial charge is 0.497 e. The molecule has 0 aromatic heterocycles. The molecule has 92 valence electrons. The van der Waals surface area contributed by atoms with Gasteiger partial charge in [-0.2, -0.15) is 0 Å². The molecule has 1 unspecified atom stereocenters. The topological polar surface area (TPSA) is 46.5 Å². The molecule has 1 saturated carbocycles. The number of carbonyl (C=O) groups is 1. The fraction of sp³-hybridized carbons (Fsp3) is 0.417. The molecular formula is C12H12Cl2O3. The van der Waals surface area contributed by atoms with Gasteiger partial charge in [0.05, 0.1) is 13.0 Å². The van der Waals surface area contributed by atoms with E-state index >= 15 is 0 Å². The summed E-state index contributed by atoms with van der Waals surface area (Å²) in [6, 6.07) is 3.20. The molecule has 0 radical (unpaired) electrons. The molecule has 1 aliphatic rings. The third kappa shape index (κ3) is 2.50. The Kier molecular flexibility index (Phi) is 3.50. The first-order chi connectivity index (χ1) is 8.04. The number of hydrogen-bond donors (Lipinski definition) is 1. The van der Waals surface area contributed by atoms with E-state index in [-0.39, 0.29) is 5.92 Å². The number of aliphatic carboxylic acids is 1. The van der Waals surface area contributed by atoms with Gasteiger partial charge in [0.25, 0.3) is 0 Å². The fourth-order valence-corrected chi connectivity index (χ4v) is 2.67. The fourth-order valence-electron chi connectivity index (χ4n) is 1.97. The van der Waals surface area contributed by atoms with Crippen molar-refractivity contribution in [3.63, 3.8) is 0 Å². The van der Waals surface area contributed by atoms with Crippen LogP contribution in [-0.2, 0) is 4.79 Å². The third-order valence-corrected chi connectivity index (χ3v) is 3.58. The van der Waals surface area contributed by atoms with Crippen LogP contribution in [0, 0.1) is 5.92 Å². The Hall–Kier alpha value is -0.930. The Labute approximate surface area is 109 Å². The van der Waals surface area contributed by atoms with Crippen molar-refractivity contribution in [2.24, 2.45) is 5.92 Å². The van der Waals surface area contributed by atoms with Crippen LogP contribution in [0.4, 0.5) is 0 Å². The monoisotopic (exact) mass is 274 g/mol. The molecule has 0 amide bonds. The van der Waals surface area contributed by atoms with Gasteiger partial charge in [-0.1, -0.05) is 23.2 Å². The Morgan fingerprint density at radius 1 is 1.41 bits per heavy atom. The summed E-state index contributed by atoms with van der Waals surface area (Å²) >= 11 is 12.2. The van der Waals surface area contributed by atoms with Gasteiger partial charge in [0.2, 0.25) is 0 Å². The molecule has 1 aromatic carbocycles. The molecule has 3 nitrogen and oxygen atoms in total. The van der Waals surface area contributed by atoms with Crippen LogP contribution in [0.5, 0.6) is 5.75 Å². The summed E-state index contributed by atoms with van der Waals surface area (Å²) in [5.74, 6) is -0.804. The first-order valence-corrected chi connectivity index (χ1v) is 6.06. The number of carboxylic acid groups (broad SMARTS) is 1. The Morgan fingerprint density at radius 2 is 1.94 bits per heavy atom. The van der Waals surface area contributed by atoms with Crippen LogP contribution in [0.2, 0.25) is 10.0 Å². The zero-order valence-corrected chi connectivity index (χ0v) is 10.8. The summed E-state index contributed by atoms with van der Waals surface area (Å²) in [5.41, 5.74) is 0.504. The van der Waals surface area contributed by atoms with E-state index < -0.39 is 11.9 Å². The maximum absolute atomic E-state index is 11.3. The van der Waals surface area contributed by atoms with Gasteiger partial charge in [-0.05, 0) is 30.9 Å². The SMILES string of the molecule is COc1cc(Cl)c(C(C(=O)O)C2CC2)c(Cl)c1. The summed E-state index contributed by atoms with van der Waals surface area (Å²) in [5, 5.41) is 9.97. The predicted octanol–water partition coefficient (Wildman–Crippen LogP) is 3.58.